The predicted molar refractivity (Wildman–Crippen MR) is 96.4 cm³/mol. The van der Waals surface area contributed by atoms with Gasteiger partial charge in [-0.15, -0.1) is 0 Å². The van der Waals surface area contributed by atoms with Gasteiger partial charge in [0.05, 0.1) is 5.56 Å². The molecule has 0 atom stereocenters. The molecular weight excluding hydrogens is 316 g/mol. The van der Waals surface area contributed by atoms with Crippen molar-refractivity contribution >= 4 is 11.9 Å². The molecular formula is C19H28N4O2. The number of rotatable bonds is 3. The minimum absolute atomic E-state index is 0.0377. The number of piperidine rings is 1. The van der Waals surface area contributed by atoms with Crippen LogP contribution in [0, 0.1) is 6.92 Å². The highest BCUT2D eigenvalue weighted by atomic mass is 16.2. The average molecular weight is 344 g/mol. The van der Waals surface area contributed by atoms with Gasteiger partial charge in [-0.05, 0) is 44.2 Å². The fourth-order valence-corrected chi connectivity index (χ4v) is 3.74. The summed E-state index contributed by atoms with van der Waals surface area (Å²) in [6.07, 6.45) is 10.8. The molecule has 1 aromatic rings. The number of pyridine rings is 1. The second-order valence-electron chi connectivity index (χ2n) is 7.21. The standard InChI is InChI=1S/C19H28N4O2/c1-14-7-10-20-13-17(14)18(24)23-11-8-16(9-12-23)22-19(25)21-15-5-3-2-4-6-15/h7,10,13,15-16H,2-6,8-9,11-12H2,1H3,(H2,21,22,25). The number of amides is 3. The number of aryl methyl sites for hydroxylation is 1. The highest BCUT2D eigenvalue weighted by Crippen LogP contribution is 2.18. The summed E-state index contributed by atoms with van der Waals surface area (Å²) >= 11 is 0. The Morgan fingerprint density at radius 1 is 1.04 bits per heavy atom. The monoisotopic (exact) mass is 344 g/mol. The molecule has 3 rings (SSSR count). The van der Waals surface area contributed by atoms with E-state index in [9.17, 15) is 9.59 Å². The summed E-state index contributed by atoms with van der Waals surface area (Å²) in [7, 11) is 0. The fraction of sp³-hybridized carbons (Fsp3) is 0.632. The third-order valence-electron chi connectivity index (χ3n) is 5.33. The van der Waals surface area contributed by atoms with E-state index in [1.54, 1.807) is 12.4 Å². The van der Waals surface area contributed by atoms with Gasteiger partial charge in [-0.2, -0.15) is 0 Å². The Labute approximate surface area is 149 Å². The Morgan fingerprint density at radius 3 is 2.32 bits per heavy atom. The van der Waals surface area contributed by atoms with E-state index in [1.807, 2.05) is 17.9 Å². The van der Waals surface area contributed by atoms with Crippen LogP contribution >= 0.6 is 0 Å². The first kappa shape index (κ1) is 17.7. The molecule has 2 heterocycles. The SMILES string of the molecule is Cc1ccncc1C(=O)N1CCC(NC(=O)NC2CCCCC2)CC1. The van der Waals surface area contributed by atoms with Crippen molar-refractivity contribution in [3.63, 3.8) is 0 Å². The number of hydrogen-bond acceptors (Lipinski definition) is 3. The van der Waals surface area contributed by atoms with Crippen molar-refractivity contribution in [1.29, 1.82) is 0 Å². The molecule has 2 fully saturated rings. The number of hydrogen-bond donors (Lipinski definition) is 2. The molecule has 2 N–H and O–H groups in total. The van der Waals surface area contributed by atoms with E-state index in [1.165, 1.54) is 19.3 Å². The van der Waals surface area contributed by atoms with Gasteiger partial charge in [-0.3, -0.25) is 9.78 Å². The van der Waals surface area contributed by atoms with E-state index < -0.39 is 0 Å². The molecule has 0 bridgehead atoms. The molecule has 6 heteroatoms. The van der Waals surface area contributed by atoms with E-state index in [0.29, 0.717) is 24.7 Å². The highest BCUT2D eigenvalue weighted by molar-refractivity contribution is 5.95. The van der Waals surface area contributed by atoms with Crippen LogP contribution < -0.4 is 10.6 Å². The molecule has 1 aromatic heterocycles. The summed E-state index contributed by atoms with van der Waals surface area (Å²) in [5.41, 5.74) is 1.62. The smallest absolute Gasteiger partial charge is 0.315 e. The largest absolute Gasteiger partial charge is 0.338 e. The van der Waals surface area contributed by atoms with E-state index in [2.05, 4.69) is 15.6 Å². The maximum atomic E-state index is 12.6. The number of nitrogens with one attached hydrogen (secondary N) is 2. The molecule has 2 aliphatic rings. The van der Waals surface area contributed by atoms with E-state index >= 15 is 0 Å². The molecule has 0 unspecified atom stereocenters. The number of nitrogens with zero attached hydrogens (tertiary/aromatic N) is 2. The van der Waals surface area contributed by atoms with E-state index in [-0.39, 0.29) is 18.0 Å². The summed E-state index contributed by atoms with van der Waals surface area (Å²) in [6, 6.07) is 2.27. The molecule has 3 amide bonds. The molecule has 0 aromatic carbocycles. The quantitative estimate of drug-likeness (QED) is 0.885. The Morgan fingerprint density at radius 2 is 1.68 bits per heavy atom. The maximum absolute atomic E-state index is 12.6. The lowest BCUT2D eigenvalue weighted by atomic mass is 9.96. The Hall–Kier alpha value is -2.11. The lowest BCUT2D eigenvalue weighted by molar-refractivity contribution is 0.0707. The van der Waals surface area contributed by atoms with Gasteiger partial charge in [0.2, 0.25) is 0 Å². The molecule has 136 valence electrons. The fourth-order valence-electron chi connectivity index (χ4n) is 3.74. The topological polar surface area (TPSA) is 74.3 Å². The highest BCUT2D eigenvalue weighted by Gasteiger charge is 2.26. The molecule has 1 saturated carbocycles. The normalized spacial score (nSPS) is 19.5. The van der Waals surface area contributed by atoms with Crippen LogP contribution in [0.5, 0.6) is 0 Å². The van der Waals surface area contributed by atoms with Gasteiger partial charge in [-0.1, -0.05) is 19.3 Å². The summed E-state index contributed by atoms with van der Waals surface area (Å²) in [5.74, 6) is 0.0377. The van der Waals surface area contributed by atoms with Crippen molar-refractivity contribution in [2.24, 2.45) is 0 Å². The molecule has 1 aliphatic heterocycles. The second kappa shape index (κ2) is 8.32. The Bertz CT molecular complexity index is 605. The van der Waals surface area contributed by atoms with Crippen molar-refractivity contribution in [1.82, 2.24) is 20.5 Å². The van der Waals surface area contributed by atoms with Crippen molar-refractivity contribution in [3.8, 4) is 0 Å². The first-order chi connectivity index (χ1) is 12.1. The van der Waals surface area contributed by atoms with Crippen LogP contribution in [0.3, 0.4) is 0 Å². The minimum Gasteiger partial charge on any atom is -0.338 e. The number of carbonyl (C=O) groups excluding carboxylic acids is 2. The number of carbonyl (C=O) groups is 2. The maximum Gasteiger partial charge on any atom is 0.315 e. The van der Waals surface area contributed by atoms with Gasteiger partial charge in [0, 0.05) is 37.6 Å². The number of aromatic nitrogens is 1. The molecule has 1 aliphatic carbocycles. The summed E-state index contributed by atoms with van der Waals surface area (Å²) in [5, 5.41) is 6.17. The lowest BCUT2D eigenvalue weighted by Gasteiger charge is -2.33. The predicted octanol–water partition coefficient (Wildman–Crippen LogP) is 2.63. The third kappa shape index (κ3) is 4.71. The van der Waals surface area contributed by atoms with Gasteiger partial charge in [-0.25, -0.2) is 4.79 Å². The Kier molecular flexibility index (Phi) is 5.89. The summed E-state index contributed by atoms with van der Waals surface area (Å²) < 4.78 is 0. The van der Waals surface area contributed by atoms with Crippen LogP contribution in [0.4, 0.5) is 4.79 Å². The number of likely N-dealkylation sites (tertiary alicyclic amines) is 1. The van der Waals surface area contributed by atoms with E-state index in [0.717, 1.165) is 31.2 Å². The van der Waals surface area contributed by atoms with Crippen molar-refractivity contribution < 1.29 is 9.59 Å². The number of urea groups is 1. The first-order valence-corrected chi connectivity index (χ1v) is 9.40. The molecule has 0 spiro atoms. The molecule has 25 heavy (non-hydrogen) atoms. The zero-order valence-electron chi connectivity index (χ0n) is 15.0. The van der Waals surface area contributed by atoms with Crippen LogP contribution in [-0.4, -0.2) is 47.0 Å². The van der Waals surface area contributed by atoms with Crippen LogP contribution in [0.1, 0.15) is 60.9 Å². The van der Waals surface area contributed by atoms with Gasteiger partial charge < -0.3 is 15.5 Å². The molecule has 1 saturated heterocycles. The summed E-state index contributed by atoms with van der Waals surface area (Å²) in [4.78, 5) is 30.7. The van der Waals surface area contributed by atoms with Gasteiger partial charge in [0.25, 0.3) is 5.91 Å². The van der Waals surface area contributed by atoms with E-state index in [4.69, 9.17) is 0 Å². The van der Waals surface area contributed by atoms with Gasteiger partial charge >= 0.3 is 6.03 Å². The zero-order valence-corrected chi connectivity index (χ0v) is 15.0. The first-order valence-electron chi connectivity index (χ1n) is 9.40. The third-order valence-corrected chi connectivity index (χ3v) is 5.33. The summed E-state index contributed by atoms with van der Waals surface area (Å²) in [6.45, 7) is 3.27. The van der Waals surface area contributed by atoms with Crippen molar-refractivity contribution in [3.05, 3.63) is 29.6 Å². The molecule has 6 nitrogen and oxygen atoms in total. The lowest BCUT2D eigenvalue weighted by Crippen LogP contribution is -2.51. The Balaban J connectivity index is 1.44. The van der Waals surface area contributed by atoms with Crippen LogP contribution in [0.2, 0.25) is 0 Å². The van der Waals surface area contributed by atoms with Crippen LogP contribution in [-0.2, 0) is 0 Å². The molecule has 0 radical (unpaired) electrons. The van der Waals surface area contributed by atoms with Crippen LogP contribution in [0.25, 0.3) is 0 Å². The second-order valence-corrected chi connectivity index (χ2v) is 7.21. The average Bonchev–Trinajstić information content (AvgIpc) is 2.63. The van der Waals surface area contributed by atoms with Crippen LogP contribution in [0.15, 0.2) is 18.5 Å². The van der Waals surface area contributed by atoms with Gasteiger partial charge in [0.1, 0.15) is 0 Å². The zero-order chi connectivity index (χ0) is 17.6. The van der Waals surface area contributed by atoms with Crippen molar-refractivity contribution in [2.75, 3.05) is 13.1 Å². The minimum atomic E-state index is -0.0558. The van der Waals surface area contributed by atoms with Crippen molar-refractivity contribution in [2.45, 2.75) is 64.0 Å². The van der Waals surface area contributed by atoms with Gasteiger partial charge in [0.15, 0.2) is 0 Å².